The van der Waals surface area contributed by atoms with E-state index in [0.717, 1.165) is 95.1 Å². The first-order valence-electron chi connectivity index (χ1n) is 17.4. The van der Waals surface area contributed by atoms with Crippen molar-refractivity contribution in [2.75, 3.05) is 0 Å². The number of aromatic nitrogens is 2. The molecule has 51 heavy (non-hydrogen) atoms. The van der Waals surface area contributed by atoms with Gasteiger partial charge in [0.05, 0.1) is 22.4 Å². The van der Waals surface area contributed by atoms with Gasteiger partial charge >= 0.3 is 0 Å². The van der Waals surface area contributed by atoms with Gasteiger partial charge in [-0.3, -0.25) is 0 Å². The van der Waals surface area contributed by atoms with Gasteiger partial charge in [-0.2, -0.15) is 0 Å². The molecule has 0 bridgehead atoms. The van der Waals surface area contributed by atoms with Crippen molar-refractivity contribution in [3.63, 3.8) is 0 Å². The molecule has 0 spiro atoms. The van der Waals surface area contributed by atoms with Gasteiger partial charge in [0.1, 0.15) is 23.0 Å². The van der Waals surface area contributed by atoms with Gasteiger partial charge in [0, 0.05) is 39.7 Å². The Morgan fingerprint density at radius 3 is 1.22 bits per heavy atom. The van der Waals surface area contributed by atoms with Crippen molar-refractivity contribution in [3.05, 3.63) is 176 Å². The average molecular weight is 653 g/mol. The molecule has 2 aromatic heterocycles. The molecule has 2 aliphatic rings. The summed E-state index contributed by atoms with van der Waals surface area (Å²) in [5.41, 5.74) is 12.4. The fraction of sp³-hybridized carbons (Fsp3) is 0. The average Bonchev–Trinajstić information content (AvgIpc) is 3.76. The molecule has 0 N–H and O–H groups in total. The molecule has 238 valence electrons. The number of para-hydroxylation sites is 2. The van der Waals surface area contributed by atoms with Crippen LogP contribution in [0.25, 0.3) is 55.7 Å². The maximum Gasteiger partial charge on any atom is 0.260 e. The highest BCUT2D eigenvalue weighted by Gasteiger charge is 2.41. The summed E-state index contributed by atoms with van der Waals surface area (Å²) >= 11 is 0. The Labute approximate surface area is 295 Å². The van der Waals surface area contributed by atoms with E-state index >= 15 is 0 Å². The van der Waals surface area contributed by atoms with Gasteiger partial charge in [-0.25, -0.2) is 0 Å². The molecule has 7 aromatic carbocycles. The van der Waals surface area contributed by atoms with Crippen LogP contribution in [-0.4, -0.2) is 15.8 Å². The largest absolute Gasteiger partial charge is 0.458 e. The molecular formula is C46H29BN2O2. The van der Waals surface area contributed by atoms with E-state index in [4.69, 9.17) is 9.47 Å². The van der Waals surface area contributed by atoms with Gasteiger partial charge in [0.2, 0.25) is 0 Å². The Kier molecular flexibility index (Phi) is 6.01. The molecule has 9 aromatic rings. The lowest BCUT2D eigenvalue weighted by molar-refractivity contribution is 0.465. The van der Waals surface area contributed by atoms with Gasteiger partial charge < -0.3 is 18.6 Å². The molecule has 4 heterocycles. The van der Waals surface area contributed by atoms with Crippen molar-refractivity contribution < 1.29 is 9.47 Å². The normalized spacial score (nSPS) is 12.6. The summed E-state index contributed by atoms with van der Waals surface area (Å²) in [7, 11) is 0. The number of nitrogens with zero attached hydrogens (tertiary/aromatic N) is 2. The maximum absolute atomic E-state index is 6.78. The highest BCUT2D eigenvalue weighted by Crippen LogP contribution is 2.40. The van der Waals surface area contributed by atoms with E-state index in [9.17, 15) is 0 Å². The molecule has 0 aliphatic carbocycles. The van der Waals surface area contributed by atoms with E-state index in [0.29, 0.717) is 0 Å². The van der Waals surface area contributed by atoms with Gasteiger partial charge in [0.25, 0.3) is 6.71 Å². The van der Waals surface area contributed by atoms with E-state index in [1.54, 1.807) is 0 Å². The van der Waals surface area contributed by atoms with E-state index in [2.05, 4.69) is 179 Å². The van der Waals surface area contributed by atoms with Crippen LogP contribution in [0.5, 0.6) is 23.0 Å². The van der Waals surface area contributed by atoms with Gasteiger partial charge in [-0.1, -0.05) is 115 Å². The predicted octanol–water partition coefficient (Wildman–Crippen LogP) is 9.64. The molecule has 0 radical (unpaired) electrons. The summed E-state index contributed by atoms with van der Waals surface area (Å²) in [5, 5.41) is 2.33. The number of fused-ring (bicyclic) bond motifs is 6. The summed E-state index contributed by atoms with van der Waals surface area (Å²) in [6.07, 6.45) is 0. The fourth-order valence-electron chi connectivity index (χ4n) is 8.19. The standard InChI is InChI=1S/C46H29BN2O2/c1-5-14-30(15-6-1)38-26-32-24-36-44(28-40(32)48(38)34-18-9-3-10-19-34)50-42-22-13-23-43-46(42)47(36)37-25-33-27-39(31-16-7-2-8-17-31)49(35-20-11-4-12-21-35)41(33)29-45(37)51-43/h1-29H. The Balaban J connectivity index is 1.16. The molecule has 0 amide bonds. The first-order valence-corrected chi connectivity index (χ1v) is 17.4. The quantitative estimate of drug-likeness (QED) is 0.177. The van der Waals surface area contributed by atoms with Crippen LogP contribution >= 0.6 is 0 Å². The van der Waals surface area contributed by atoms with Crippen molar-refractivity contribution >= 4 is 44.9 Å². The van der Waals surface area contributed by atoms with E-state index < -0.39 is 0 Å². The zero-order valence-electron chi connectivity index (χ0n) is 27.5. The summed E-state index contributed by atoms with van der Waals surface area (Å²) in [5.74, 6) is 3.41. The minimum absolute atomic E-state index is 0.0574. The topological polar surface area (TPSA) is 28.3 Å². The van der Waals surface area contributed by atoms with Crippen LogP contribution in [0, 0.1) is 0 Å². The van der Waals surface area contributed by atoms with Crippen LogP contribution in [-0.2, 0) is 0 Å². The zero-order chi connectivity index (χ0) is 33.5. The zero-order valence-corrected chi connectivity index (χ0v) is 27.5. The van der Waals surface area contributed by atoms with Crippen LogP contribution in [0.15, 0.2) is 176 Å². The highest BCUT2D eigenvalue weighted by molar-refractivity contribution is 6.98. The van der Waals surface area contributed by atoms with Crippen molar-refractivity contribution in [2.24, 2.45) is 0 Å². The van der Waals surface area contributed by atoms with Crippen molar-refractivity contribution in [1.82, 2.24) is 9.13 Å². The molecule has 0 saturated carbocycles. The lowest BCUT2D eigenvalue weighted by Crippen LogP contribution is -2.57. The molecule has 0 saturated heterocycles. The third-order valence-corrected chi connectivity index (χ3v) is 10.4. The SMILES string of the molecule is c1ccc(-c2cc3cc4c(cc3n2-c2ccccc2)Oc2cccc3c2B4c2cc4cc(-c5ccccc5)n(-c5ccccc5)c4cc2O3)cc1. The van der Waals surface area contributed by atoms with Crippen LogP contribution in [0.2, 0.25) is 0 Å². The van der Waals surface area contributed by atoms with Crippen molar-refractivity contribution in [2.45, 2.75) is 0 Å². The monoisotopic (exact) mass is 652 g/mol. The van der Waals surface area contributed by atoms with Crippen molar-refractivity contribution in [1.29, 1.82) is 0 Å². The van der Waals surface area contributed by atoms with Gasteiger partial charge in [-0.15, -0.1) is 0 Å². The molecular weight excluding hydrogens is 623 g/mol. The van der Waals surface area contributed by atoms with E-state index in [1.165, 1.54) is 0 Å². The van der Waals surface area contributed by atoms with Crippen LogP contribution in [0.3, 0.4) is 0 Å². The minimum atomic E-state index is -0.0574. The summed E-state index contributed by atoms with van der Waals surface area (Å²) in [6, 6.07) is 62.3. The predicted molar refractivity (Wildman–Crippen MR) is 209 cm³/mol. The smallest absolute Gasteiger partial charge is 0.260 e. The molecule has 11 rings (SSSR count). The molecule has 0 fully saturated rings. The highest BCUT2D eigenvalue weighted by atomic mass is 16.5. The maximum atomic E-state index is 6.78. The van der Waals surface area contributed by atoms with Crippen LogP contribution in [0.4, 0.5) is 0 Å². The Morgan fingerprint density at radius 1 is 0.373 bits per heavy atom. The number of ether oxygens (including phenoxy) is 2. The number of hydrogen-bond acceptors (Lipinski definition) is 2. The number of benzene rings is 7. The first kappa shape index (κ1) is 28.2. The second-order valence-electron chi connectivity index (χ2n) is 13.3. The molecule has 4 nitrogen and oxygen atoms in total. The third kappa shape index (κ3) is 4.28. The lowest BCUT2D eigenvalue weighted by atomic mass is 9.34. The van der Waals surface area contributed by atoms with Crippen molar-refractivity contribution in [3.8, 4) is 56.9 Å². The van der Waals surface area contributed by atoms with Gasteiger partial charge in [-0.05, 0) is 70.6 Å². The second kappa shape index (κ2) is 10.9. The first-order chi connectivity index (χ1) is 25.3. The van der Waals surface area contributed by atoms with Crippen LogP contribution < -0.4 is 25.9 Å². The fourth-order valence-corrected chi connectivity index (χ4v) is 8.19. The Bertz CT molecular complexity index is 2600. The number of rotatable bonds is 4. The molecule has 0 atom stereocenters. The summed E-state index contributed by atoms with van der Waals surface area (Å²) < 4.78 is 18.3. The molecule has 0 unspecified atom stereocenters. The minimum Gasteiger partial charge on any atom is -0.458 e. The summed E-state index contributed by atoms with van der Waals surface area (Å²) in [6.45, 7) is -0.0574. The third-order valence-electron chi connectivity index (χ3n) is 10.4. The lowest BCUT2D eigenvalue weighted by Gasteiger charge is -2.33. The number of hydrogen-bond donors (Lipinski definition) is 0. The van der Waals surface area contributed by atoms with Crippen LogP contribution in [0.1, 0.15) is 0 Å². The Hall–Kier alpha value is -6.72. The Morgan fingerprint density at radius 2 is 0.784 bits per heavy atom. The summed E-state index contributed by atoms with van der Waals surface area (Å²) in [4.78, 5) is 0. The molecule has 5 heteroatoms. The van der Waals surface area contributed by atoms with E-state index in [-0.39, 0.29) is 6.71 Å². The van der Waals surface area contributed by atoms with E-state index in [1.807, 2.05) is 6.07 Å². The second-order valence-corrected chi connectivity index (χ2v) is 13.3. The molecule has 2 aliphatic heterocycles. The van der Waals surface area contributed by atoms with Gasteiger partial charge in [0.15, 0.2) is 0 Å².